The normalized spacial score (nSPS) is 12.2. The van der Waals surface area contributed by atoms with Crippen LogP contribution in [0.5, 0.6) is 0 Å². The SMILES string of the molecule is CC(=O)CCCCCCCCCCC(=O)OC(C)CO. The number of hydrogen-bond donors (Lipinski definition) is 1. The number of hydrogen-bond acceptors (Lipinski definition) is 4. The number of unbranched alkanes of at least 4 members (excludes halogenated alkanes) is 7. The van der Waals surface area contributed by atoms with Crippen LogP contribution in [0.1, 0.15) is 78.1 Å². The minimum Gasteiger partial charge on any atom is -0.460 e. The van der Waals surface area contributed by atoms with Gasteiger partial charge >= 0.3 is 5.97 Å². The van der Waals surface area contributed by atoms with E-state index in [0.717, 1.165) is 32.1 Å². The van der Waals surface area contributed by atoms with Crippen molar-refractivity contribution in [2.75, 3.05) is 6.61 Å². The van der Waals surface area contributed by atoms with Gasteiger partial charge in [-0.25, -0.2) is 0 Å². The molecule has 20 heavy (non-hydrogen) atoms. The highest BCUT2D eigenvalue weighted by Crippen LogP contribution is 2.11. The molecule has 0 bridgehead atoms. The van der Waals surface area contributed by atoms with E-state index in [9.17, 15) is 9.59 Å². The number of carbonyl (C=O) groups is 2. The number of ketones is 1. The van der Waals surface area contributed by atoms with E-state index in [0.29, 0.717) is 12.8 Å². The highest BCUT2D eigenvalue weighted by molar-refractivity contribution is 5.75. The van der Waals surface area contributed by atoms with Crippen LogP contribution in [0.3, 0.4) is 0 Å². The first-order valence-corrected chi connectivity index (χ1v) is 7.86. The first-order chi connectivity index (χ1) is 9.56. The van der Waals surface area contributed by atoms with Gasteiger partial charge in [0.25, 0.3) is 0 Å². The Bertz CT molecular complexity index is 263. The van der Waals surface area contributed by atoms with Crippen LogP contribution in [0.4, 0.5) is 0 Å². The molecule has 0 aromatic rings. The molecule has 0 saturated carbocycles. The van der Waals surface area contributed by atoms with E-state index in [4.69, 9.17) is 9.84 Å². The van der Waals surface area contributed by atoms with Crippen molar-refractivity contribution in [3.05, 3.63) is 0 Å². The first kappa shape index (κ1) is 19.1. The molecule has 4 nitrogen and oxygen atoms in total. The van der Waals surface area contributed by atoms with Gasteiger partial charge in [0.05, 0.1) is 6.61 Å². The van der Waals surface area contributed by atoms with E-state index in [1.54, 1.807) is 13.8 Å². The van der Waals surface area contributed by atoms with Crippen molar-refractivity contribution in [3.63, 3.8) is 0 Å². The van der Waals surface area contributed by atoms with Crippen LogP contribution >= 0.6 is 0 Å². The molecule has 4 heteroatoms. The lowest BCUT2D eigenvalue weighted by Crippen LogP contribution is -2.18. The van der Waals surface area contributed by atoms with E-state index in [1.807, 2.05) is 0 Å². The molecule has 0 radical (unpaired) electrons. The lowest BCUT2D eigenvalue weighted by Gasteiger charge is -2.09. The van der Waals surface area contributed by atoms with Crippen LogP contribution in [0.2, 0.25) is 0 Å². The minimum atomic E-state index is -0.391. The number of esters is 1. The largest absolute Gasteiger partial charge is 0.460 e. The second kappa shape index (κ2) is 13.1. The van der Waals surface area contributed by atoms with Crippen LogP contribution in [0.25, 0.3) is 0 Å². The van der Waals surface area contributed by atoms with Crippen molar-refractivity contribution in [2.24, 2.45) is 0 Å². The van der Waals surface area contributed by atoms with Gasteiger partial charge in [-0.1, -0.05) is 38.5 Å². The van der Waals surface area contributed by atoms with Crippen molar-refractivity contribution >= 4 is 11.8 Å². The average Bonchev–Trinajstić information content (AvgIpc) is 2.40. The third-order valence-corrected chi connectivity index (χ3v) is 3.25. The number of aliphatic hydroxyl groups excluding tert-OH is 1. The van der Waals surface area contributed by atoms with Gasteiger partial charge in [-0.05, 0) is 26.7 Å². The van der Waals surface area contributed by atoms with Crippen LogP contribution in [0, 0.1) is 0 Å². The molecule has 0 rings (SSSR count). The predicted octanol–water partition coefficient (Wildman–Crippen LogP) is 3.40. The molecule has 0 aromatic heterocycles. The molecule has 0 saturated heterocycles. The highest BCUT2D eigenvalue weighted by atomic mass is 16.5. The molecular weight excluding hydrogens is 256 g/mol. The third-order valence-electron chi connectivity index (χ3n) is 3.25. The lowest BCUT2D eigenvalue weighted by atomic mass is 10.1. The van der Waals surface area contributed by atoms with Gasteiger partial charge in [-0.15, -0.1) is 0 Å². The Balaban J connectivity index is 3.20. The minimum absolute atomic E-state index is 0.116. The molecule has 0 aliphatic carbocycles. The maximum atomic E-state index is 11.3. The Hall–Kier alpha value is -0.900. The maximum absolute atomic E-state index is 11.3. The molecule has 0 aliphatic rings. The lowest BCUT2D eigenvalue weighted by molar-refractivity contribution is -0.150. The predicted molar refractivity (Wildman–Crippen MR) is 79.5 cm³/mol. The molecule has 0 amide bonds. The van der Waals surface area contributed by atoms with Gasteiger partial charge in [0.15, 0.2) is 0 Å². The van der Waals surface area contributed by atoms with Crippen LogP contribution < -0.4 is 0 Å². The van der Waals surface area contributed by atoms with Crippen LogP contribution in [-0.2, 0) is 14.3 Å². The summed E-state index contributed by atoms with van der Waals surface area (Å²) >= 11 is 0. The van der Waals surface area contributed by atoms with Crippen molar-refractivity contribution in [1.82, 2.24) is 0 Å². The molecule has 0 aliphatic heterocycles. The molecule has 1 unspecified atom stereocenters. The summed E-state index contributed by atoms with van der Waals surface area (Å²) in [5.41, 5.74) is 0. The zero-order valence-electron chi connectivity index (χ0n) is 13.0. The van der Waals surface area contributed by atoms with E-state index in [1.165, 1.54) is 19.3 Å². The summed E-state index contributed by atoms with van der Waals surface area (Å²) in [6.45, 7) is 3.21. The van der Waals surface area contributed by atoms with Crippen molar-refractivity contribution in [3.8, 4) is 0 Å². The van der Waals surface area contributed by atoms with Gasteiger partial charge in [0, 0.05) is 12.8 Å². The topological polar surface area (TPSA) is 63.6 Å². The molecule has 0 heterocycles. The molecule has 1 N–H and O–H groups in total. The van der Waals surface area contributed by atoms with E-state index >= 15 is 0 Å². The Morgan fingerprint density at radius 1 is 0.900 bits per heavy atom. The molecule has 118 valence electrons. The summed E-state index contributed by atoms with van der Waals surface area (Å²) in [4.78, 5) is 22.1. The summed E-state index contributed by atoms with van der Waals surface area (Å²) in [6, 6.07) is 0. The summed E-state index contributed by atoms with van der Waals surface area (Å²) < 4.78 is 4.97. The Labute approximate surface area is 122 Å². The number of rotatable bonds is 13. The first-order valence-electron chi connectivity index (χ1n) is 7.86. The van der Waals surface area contributed by atoms with Crippen LogP contribution in [0.15, 0.2) is 0 Å². The fourth-order valence-electron chi connectivity index (χ4n) is 2.02. The van der Waals surface area contributed by atoms with Crippen LogP contribution in [-0.4, -0.2) is 29.6 Å². The number of carbonyl (C=O) groups excluding carboxylic acids is 2. The van der Waals surface area contributed by atoms with E-state index in [-0.39, 0.29) is 18.4 Å². The summed E-state index contributed by atoms with van der Waals surface area (Å²) in [5.74, 6) is 0.0724. The zero-order valence-corrected chi connectivity index (χ0v) is 13.0. The van der Waals surface area contributed by atoms with Crippen molar-refractivity contribution in [2.45, 2.75) is 84.2 Å². The maximum Gasteiger partial charge on any atom is 0.306 e. The Kier molecular flexibility index (Phi) is 12.5. The fourth-order valence-corrected chi connectivity index (χ4v) is 2.02. The molecule has 0 fully saturated rings. The summed E-state index contributed by atoms with van der Waals surface area (Å²) in [7, 11) is 0. The molecule has 0 aromatic carbocycles. The zero-order chi connectivity index (χ0) is 15.2. The number of Topliss-reactive ketones (excluding diaryl/α,β-unsaturated/α-hetero) is 1. The summed E-state index contributed by atoms with van der Waals surface area (Å²) in [6.07, 6.45) is 9.60. The van der Waals surface area contributed by atoms with Gasteiger partial charge < -0.3 is 14.6 Å². The standard InChI is InChI=1S/C16H30O4/c1-14(18)11-9-7-5-3-4-6-8-10-12-16(19)20-15(2)13-17/h15,17H,3-13H2,1-2H3. The van der Waals surface area contributed by atoms with Gasteiger partial charge in [-0.3, -0.25) is 4.79 Å². The van der Waals surface area contributed by atoms with Gasteiger partial charge in [-0.2, -0.15) is 0 Å². The fraction of sp³-hybridized carbons (Fsp3) is 0.875. The van der Waals surface area contributed by atoms with Gasteiger partial charge in [0.1, 0.15) is 11.9 Å². The van der Waals surface area contributed by atoms with Crippen molar-refractivity contribution < 1.29 is 19.4 Å². The smallest absolute Gasteiger partial charge is 0.306 e. The van der Waals surface area contributed by atoms with E-state index < -0.39 is 6.10 Å². The summed E-state index contributed by atoms with van der Waals surface area (Å²) in [5, 5.41) is 8.75. The van der Waals surface area contributed by atoms with E-state index in [2.05, 4.69) is 0 Å². The molecule has 1 atom stereocenters. The average molecular weight is 286 g/mol. The number of ether oxygens (including phenoxy) is 1. The Morgan fingerprint density at radius 2 is 1.35 bits per heavy atom. The third kappa shape index (κ3) is 13.5. The Morgan fingerprint density at radius 3 is 1.80 bits per heavy atom. The molecular formula is C16H30O4. The second-order valence-corrected chi connectivity index (χ2v) is 5.51. The molecule has 0 spiro atoms. The van der Waals surface area contributed by atoms with Crippen molar-refractivity contribution in [1.29, 1.82) is 0 Å². The highest BCUT2D eigenvalue weighted by Gasteiger charge is 2.07. The second-order valence-electron chi connectivity index (χ2n) is 5.51. The number of aliphatic hydroxyl groups is 1. The van der Waals surface area contributed by atoms with Gasteiger partial charge in [0.2, 0.25) is 0 Å². The monoisotopic (exact) mass is 286 g/mol. The quantitative estimate of drug-likeness (QED) is 0.416.